The van der Waals surface area contributed by atoms with E-state index in [1.807, 2.05) is 37.3 Å². The number of ether oxygens (including phenoxy) is 1. The van der Waals surface area contributed by atoms with E-state index in [0.717, 1.165) is 41.0 Å². The molecule has 0 aliphatic carbocycles. The molecule has 1 N–H and O–H groups in total. The summed E-state index contributed by atoms with van der Waals surface area (Å²) in [5, 5.41) is 2.81. The van der Waals surface area contributed by atoms with Gasteiger partial charge in [-0.05, 0) is 53.4 Å². The molecule has 0 unspecified atom stereocenters. The van der Waals surface area contributed by atoms with Crippen LogP contribution in [0.4, 0.5) is 0 Å². The molecule has 31 heavy (non-hydrogen) atoms. The number of sulfone groups is 1. The predicted octanol–water partition coefficient (Wildman–Crippen LogP) is 4.08. The molecule has 6 heteroatoms. The second kappa shape index (κ2) is 8.94. The smallest absolute Gasteiger partial charge is 0.221 e. The summed E-state index contributed by atoms with van der Waals surface area (Å²) in [6.45, 7) is 3.00. The van der Waals surface area contributed by atoms with Crippen LogP contribution < -0.4 is 10.1 Å². The number of carbonyl (C=O) groups excluding carboxylic acids is 1. The standard InChI is InChI=1S/C25H25NO4S/c1-18-2-9-23(10-3-18)31(28,29)15-13-25(27)26-17-19-4-6-20(7-5-19)21-8-11-24-22(16-21)12-14-30-24/h2-11,16H,12-15,17H2,1H3,(H,26,27). The maximum Gasteiger partial charge on any atom is 0.221 e. The minimum absolute atomic E-state index is 0.0640. The largest absolute Gasteiger partial charge is 0.493 e. The van der Waals surface area contributed by atoms with E-state index in [4.69, 9.17) is 4.74 Å². The molecule has 0 fully saturated rings. The summed E-state index contributed by atoms with van der Waals surface area (Å²) in [6.07, 6.45) is 0.873. The molecule has 1 amide bonds. The highest BCUT2D eigenvalue weighted by Crippen LogP contribution is 2.30. The number of amides is 1. The first kappa shape index (κ1) is 21.1. The van der Waals surface area contributed by atoms with Crippen molar-refractivity contribution in [1.29, 1.82) is 0 Å². The van der Waals surface area contributed by atoms with Gasteiger partial charge in [-0.2, -0.15) is 0 Å². The van der Waals surface area contributed by atoms with Crippen LogP contribution in [0.1, 0.15) is 23.1 Å². The predicted molar refractivity (Wildman–Crippen MR) is 121 cm³/mol. The van der Waals surface area contributed by atoms with Gasteiger partial charge in [-0.15, -0.1) is 0 Å². The summed E-state index contributed by atoms with van der Waals surface area (Å²) in [6, 6.07) is 20.9. The number of fused-ring (bicyclic) bond motifs is 1. The van der Waals surface area contributed by atoms with E-state index < -0.39 is 9.84 Å². The molecule has 0 radical (unpaired) electrons. The normalized spacial score (nSPS) is 12.8. The van der Waals surface area contributed by atoms with E-state index in [2.05, 4.69) is 17.4 Å². The zero-order valence-corrected chi connectivity index (χ0v) is 18.2. The van der Waals surface area contributed by atoms with Crippen LogP contribution >= 0.6 is 0 Å². The van der Waals surface area contributed by atoms with E-state index >= 15 is 0 Å². The van der Waals surface area contributed by atoms with Crippen LogP contribution in [-0.4, -0.2) is 26.7 Å². The van der Waals surface area contributed by atoms with Crippen LogP contribution in [0.15, 0.2) is 71.6 Å². The van der Waals surface area contributed by atoms with Crippen molar-refractivity contribution in [3.05, 3.63) is 83.4 Å². The number of carbonyl (C=O) groups is 1. The Hall–Kier alpha value is -3.12. The van der Waals surface area contributed by atoms with Crippen LogP contribution in [0.2, 0.25) is 0 Å². The van der Waals surface area contributed by atoms with Gasteiger partial charge in [0.2, 0.25) is 5.91 Å². The molecule has 0 saturated carbocycles. The van der Waals surface area contributed by atoms with E-state index in [0.29, 0.717) is 6.54 Å². The molecule has 0 aromatic heterocycles. The molecule has 0 spiro atoms. The highest BCUT2D eigenvalue weighted by molar-refractivity contribution is 7.91. The summed E-state index contributed by atoms with van der Waals surface area (Å²) in [7, 11) is -3.47. The first-order chi connectivity index (χ1) is 14.9. The molecule has 3 aromatic carbocycles. The van der Waals surface area contributed by atoms with Gasteiger partial charge in [0, 0.05) is 19.4 Å². The monoisotopic (exact) mass is 435 g/mol. The number of benzene rings is 3. The fraction of sp³-hybridized carbons (Fsp3) is 0.240. The molecule has 3 aromatic rings. The van der Waals surface area contributed by atoms with E-state index in [9.17, 15) is 13.2 Å². The molecular formula is C25H25NO4S. The Balaban J connectivity index is 1.30. The van der Waals surface area contributed by atoms with Gasteiger partial charge in [0.15, 0.2) is 9.84 Å². The van der Waals surface area contributed by atoms with Crippen LogP contribution in [0, 0.1) is 6.92 Å². The third-order valence-corrected chi connectivity index (χ3v) is 7.18. The average Bonchev–Trinajstić information content (AvgIpc) is 3.25. The molecule has 1 aliphatic heterocycles. The van der Waals surface area contributed by atoms with Crippen molar-refractivity contribution in [2.45, 2.75) is 31.2 Å². The molecule has 160 valence electrons. The molecular weight excluding hydrogens is 410 g/mol. The maximum absolute atomic E-state index is 12.4. The Morgan fingerprint density at radius 3 is 2.42 bits per heavy atom. The Morgan fingerprint density at radius 2 is 1.68 bits per heavy atom. The van der Waals surface area contributed by atoms with Crippen LogP contribution in [0.5, 0.6) is 5.75 Å². The number of hydrogen-bond donors (Lipinski definition) is 1. The number of rotatable bonds is 7. The summed E-state index contributed by atoms with van der Waals surface area (Å²) in [4.78, 5) is 12.4. The van der Waals surface area contributed by atoms with Gasteiger partial charge in [0.05, 0.1) is 17.3 Å². The van der Waals surface area contributed by atoms with Gasteiger partial charge in [0.25, 0.3) is 0 Å². The summed E-state index contributed by atoms with van der Waals surface area (Å²) in [5.41, 5.74) is 5.43. The number of nitrogens with one attached hydrogen (secondary N) is 1. The first-order valence-corrected chi connectivity index (χ1v) is 12.0. The van der Waals surface area contributed by atoms with Gasteiger partial charge in [-0.3, -0.25) is 4.79 Å². The first-order valence-electron chi connectivity index (χ1n) is 10.3. The van der Waals surface area contributed by atoms with Crippen LogP contribution in [-0.2, 0) is 27.6 Å². The minimum Gasteiger partial charge on any atom is -0.493 e. The quantitative estimate of drug-likeness (QED) is 0.607. The van der Waals surface area contributed by atoms with Gasteiger partial charge >= 0.3 is 0 Å². The van der Waals surface area contributed by atoms with Crippen molar-refractivity contribution < 1.29 is 17.9 Å². The summed E-state index contributed by atoms with van der Waals surface area (Å²) < 4.78 is 30.3. The molecule has 1 aliphatic rings. The molecule has 0 atom stereocenters. The van der Waals surface area contributed by atoms with Crippen molar-refractivity contribution in [1.82, 2.24) is 5.32 Å². The fourth-order valence-electron chi connectivity index (χ4n) is 3.56. The topological polar surface area (TPSA) is 72.5 Å². The van der Waals surface area contributed by atoms with Crippen molar-refractivity contribution in [2.24, 2.45) is 0 Å². The summed E-state index contributed by atoms with van der Waals surface area (Å²) >= 11 is 0. The van der Waals surface area contributed by atoms with E-state index in [1.54, 1.807) is 24.3 Å². The SMILES string of the molecule is Cc1ccc(S(=O)(=O)CCC(=O)NCc2ccc(-c3ccc4c(c3)CCO4)cc2)cc1. The molecule has 0 saturated heterocycles. The van der Waals surface area contributed by atoms with Crippen molar-refractivity contribution in [3.8, 4) is 16.9 Å². The highest BCUT2D eigenvalue weighted by atomic mass is 32.2. The third kappa shape index (κ3) is 5.14. The lowest BCUT2D eigenvalue weighted by molar-refractivity contribution is -0.120. The van der Waals surface area contributed by atoms with Crippen molar-refractivity contribution in [2.75, 3.05) is 12.4 Å². The van der Waals surface area contributed by atoms with E-state index in [-0.39, 0.29) is 23.0 Å². The van der Waals surface area contributed by atoms with E-state index in [1.165, 1.54) is 5.56 Å². The van der Waals surface area contributed by atoms with Gasteiger partial charge in [0.1, 0.15) is 5.75 Å². The van der Waals surface area contributed by atoms with Crippen LogP contribution in [0.25, 0.3) is 11.1 Å². The summed E-state index contributed by atoms with van der Waals surface area (Å²) in [5.74, 6) is 0.481. The van der Waals surface area contributed by atoms with Crippen molar-refractivity contribution in [3.63, 3.8) is 0 Å². The molecule has 0 bridgehead atoms. The Labute approximate surface area is 183 Å². The zero-order valence-electron chi connectivity index (χ0n) is 17.4. The second-order valence-electron chi connectivity index (χ2n) is 7.78. The second-order valence-corrected chi connectivity index (χ2v) is 9.89. The maximum atomic E-state index is 12.4. The van der Waals surface area contributed by atoms with Gasteiger partial charge in [-0.1, -0.05) is 48.0 Å². The van der Waals surface area contributed by atoms with Crippen molar-refractivity contribution >= 4 is 15.7 Å². The lowest BCUT2D eigenvalue weighted by atomic mass is 10.0. The van der Waals surface area contributed by atoms with Gasteiger partial charge < -0.3 is 10.1 Å². The Morgan fingerprint density at radius 1 is 0.968 bits per heavy atom. The Bertz CT molecular complexity index is 1180. The molecule has 5 nitrogen and oxygen atoms in total. The lowest BCUT2D eigenvalue weighted by Gasteiger charge is -2.08. The number of hydrogen-bond acceptors (Lipinski definition) is 4. The van der Waals surface area contributed by atoms with Crippen LogP contribution in [0.3, 0.4) is 0 Å². The van der Waals surface area contributed by atoms with Gasteiger partial charge in [-0.25, -0.2) is 8.42 Å². The molecule has 1 heterocycles. The molecule has 4 rings (SSSR count). The average molecular weight is 436 g/mol. The Kier molecular flexibility index (Phi) is 6.09. The number of aryl methyl sites for hydroxylation is 1. The third-order valence-electron chi connectivity index (χ3n) is 5.44. The zero-order chi connectivity index (χ0) is 21.8. The highest BCUT2D eigenvalue weighted by Gasteiger charge is 2.16. The minimum atomic E-state index is -3.47. The lowest BCUT2D eigenvalue weighted by Crippen LogP contribution is -2.25. The fourth-order valence-corrected chi connectivity index (χ4v) is 4.80.